The molecule has 17 heavy (non-hydrogen) atoms. The molecule has 0 fully saturated rings. The second kappa shape index (κ2) is 6.25. The fourth-order valence-corrected chi connectivity index (χ4v) is 1.38. The predicted octanol–water partition coefficient (Wildman–Crippen LogP) is 2.01. The largest absolute Gasteiger partial charge is 0.482 e. The first-order valence-electron chi connectivity index (χ1n) is 5.20. The molecule has 4 nitrogen and oxygen atoms in total. The number of nitrogens with zero attached hydrogens (tertiary/aromatic N) is 1. The second-order valence-corrected chi connectivity index (χ2v) is 3.91. The molecule has 0 radical (unpaired) electrons. The fourth-order valence-electron chi connectivity index (χ4n) is 1.13. The monoisotopic (exact) mass is 255 g/mol. The van der Waals surface area contributed by atoms with Crippen LogP contribution in [0.15, 0.2) is 18.2 Å². The van der Waals surface area contributed by atoms with Crippen molar-refractivity contribution in [2.24, 2.45) is 0 Å². The third-order valence-corrected chi connectivity index (χ3v) is 2.64. The molecule has 0 spiro atoms. The molecular weight excluding hydrogens is 242 g/mol. The van der Waals surface area contributed by atoms with Gasteiger partial charge in [0.1, 0.15) is 12.0 Å². The van der Waals surface area contributed by atoms with Crippen LogP contribution in [0.5, 0.6) is 5.75 Å². The maximum absolute atomic E-state index is 11.5. The van der Waals surface area contributed by atoms with E-state index < -0.39 is 0 Å². The number of amides is 1. The molecule has 1 amide bonds. The number of benzene rings is 1. The molecule has 0 saturated heterocycles. The maximum Gasteiger partial charge on any atom is 0.260 e. The highest BCUT2D eigenvalue weighted by Crippen LogP contribution is 2.24. The van der Waals surface area contributed by atoms with Gasteiger partial charge in [-0.05, 0) is 25.1 Å². The molecule has 1 aromatic rings. The average molecular weight is 256 g/mol. The number of likely N-dealkylation sites (N-methyl/N-ethyl adjacent to an activating group) is 1. The van der Waals surface area contributed by atoms with Gasteiger partial charge in [0.15, 0.2) is 6.61 Å². The molecule has 0 unspecified atom stereocenters. The van der Waals surface area contributed by atoms with Gasteiger partial charge < -0.3 is 9.64 Å². The number of hydrogen-bond donors (Lipinski definition) is 0. The molecule has 0 aliphatic carbocycles. The lowest BCUT2D eigenvalue weighted by molar-refractivity contribution is -0.131. The Bertz CT molecular complexity index is 420. The van der Waals surface area contributed by atoms with Crippen LogP contribution in [0.4, 0.5) is 0 Å². The first-order valence-corrected chi connectivity index (χ1v) is 5.57. The van der Waals surface area contributed by atoms with Crippen LogP contribution in [-0.4, -0.2) is 37.3 Å². The number of hydrogen-bond acceptors (Lipinski definition) is 3. The fraction of sp³-hybridized carbons (Fsp3) is 0.333. The van der Waals surface area contributed by atoms with Gasteiger partial charge in [-0.1, -0.05) is 11.6 Å². The Balaban J connectivity index is 2.64. The van der Waals surface area contributed by atoms with Crippen molar-refractivity contribution in [3.05, 3.63) is 28.8 Å². The third-order valence-electron chi connectivity index (χ3n) is 2.34. The Morgan fingerprint density at radius 3 is 2.76 bits per heavy atom. The first kappa shape index (κ1) is 13.5. The van der Waals surface area contributed by atoms with Crippen LogP contribution in [0.1, 0.15) is 17.3 Å². The summed E-state index contributed by atoms with van der Waals surface area (Å²) in [6, 6.07) is 4.66. The quantitative estimate of drug-likeness (QED) is 0.756. The summed E-state index contributed by atoms with van der Waals surface area (Å²) in [5.41, 5.74) is 0.472. The molecule has 0 bridgehead atoms. The highest BCUT2D eigenvalue weighted by molar-refractivity contribution is 6.32. The summed E-state index contributed by atoms with van der Waals surface area (Å²) in [5.74, 6) is 0.276. The lowest BCUT2D eigenvalue weighted by atomic mass is 10.2. The Labute approximate surface area is 105 Å². The van der Waals surface area contributed by atoms with E-state index >= 15 is 0 Å². The Morgan fingerprint density at radius 1 is 1.53 bits per heavy atom. The van der Waals surface area contributed by atoms with Gasteiger partial charge in [-0.25, -0.2) is 0 Å². The molecule has 0 atom stereocenters. The maximum atomic E-state index is 11.5. The zero-order chi connectivity index (χ0) is 12.8. The number of carbonyl (C=O) groups excluding carboxylic acids is 2. The Kier molecular flexibility index (Phi) is 4.97. The van der Waals surface area contributed by atoms with E-state index in [1.165, 1.54) is 6.07 Å². The van der Waals surface area contributed by atoms with Crippen LogP contribution in [0.2, 0.25) is 5.02 Å². The van der Waals surface area contributed by atoms with Crippen LogP contribution in [0.25, 0.3) is 0 Å². The minimum Gasteiger partial charge on any atom is -0.482 e. The summed E-state index contributed by atoms with van der Waals surface area (Å²) in [6.45, 7) is 2.44. The van der Waals surface area contributed by atoms with Crippen molar-refractivity contribution in [3.8, 4) is 5.75 Å². The van der Waals surface area contributed by atoms with E-state index in [2.05, 4.69) is 0 Å². The zero-order valence-electron chi connectivity index (χ0n) is 9.77. The molecule has 1 aromatic carbocycles. The smallest absolute Gasteiger partial charge is 0.260 e. The molecule has 0 heterocycles. The van der Waals surface area contributed by atoms with Crippen molar-refractivity contribution >= 4 is 23.8 Å². The number of rotatable bonds is 5. The average Bonchev–Trinajstić information content (AvgIpc) is 2.35. The second-order valence-electron chi connectivity index (χ2n) is 3.50. The van der Waals surface area contributed by atoms with Gasteiger partial charge in [0.2, 0.25) is 0 Å². The van der Waals surface area contributed by atoms with Gasteiger partial charge in [0.25, 0.3) is 5.91 Å². The SMILES string of the molecule is CCN(C)C(=O)COc1ccc(C=O)cc1Cl. The molecule has 0 aliphatic rings. The van der Waals surface area contributed by atoms with Crippen molar-refractivity contribution in [2.45, 2.75) is 6.92 Å². The van der Waals surface area contributed by atoms with Gasteiger partial charge in [-0.3, -0.25) is 9.59 Å². The van der Waals surface area contributed by atoms with Gasteiger partial charge in [0, 0.05) is 19.2 Å². The van der Waals surface area contributed by atoms with E-state index in [0.717, 1.165) is 0 Å². The standard InChI is InChI=1S/C12H14ClNO3/c1-3-14(2)12(16)8-17-11-5-4-9(7-15)6-10(11)13/h4-7H,3,8H2,1-2H3. The summed E-state index contributed by atoms with van der Waals surface area (Å²) in [5, 5.41) is 0.321. The van der Waals surface area contributed by atoms with Gasteiger partial charge >= 0.3 is 0 Å². The van der Waals surface area contributed by atoms with Gasteiger partial charge in [0.05, 0.1) is 5.02 Å². The minimum absolute atomic E-state index is 0.0650. The van der Waals surface area contributed by atoms with Crippen LogP contribution in [0.3, 0.4) is 0 Å². The minimum atomic E-state index is -0.122. The van der Waals surface area contributed by atoms with Crippen molar-refractivity contribution in [2.75, 3.05) is 20.2 Å². The number of carbonyl (C=O) groups is 2. The molecule has 5 heteroatoms. The van der Waals surface area contributed by atoms with E-state index in [0.29, 0.717) is 29.2 Å². The van der Waals surface area contributed by atoms with E-state index in [1.807, 2.05) is 6.92 Å². The van der Waals surface area contributed by atoms with Crippen molar-refractivity contribution < 1.29 is 14.3 Å². The summed E-state index contributed by atoms with van der Waals surface area (Å²) < 4.78 is 5.28. The highest BCUT2D eigenvalue weighted by atomic mass is 35.5. The first-order chi connectivity index (χ1) is 8.08. The summed E-state index contributed by atoms with van der Waals surface area (Å²) in [7, 11) is 1.70. The van der Waals surface area contributed by atoms with Crippen molar-refractivity contribution in [3.63, 3.8) is 0 Å². The molecule has 1 rings (SSSR count). The highest BCUT2D eigenvalue weighted by Gasteiger charge is 2.09. The summed E-state index contributed by atoms with van der Waals surface area (Å²) >= 11 is 5.90. The van der Waals surface area contributed by atoms with Crippen LogP contribution >= 0.6 is 11.6 Å². The predicted molar refractivity (Wildman–Crippen MR) is 65.6 cm³/mol. The normalized spacial score (nSPS) is 9.82. The van der Waals surface area contributed by atoms with E-state index in [-0.39, 0.29) is 12.5 Å². The van der Waals surface area contributed by atoms with Crippen LogP contribution in [0, 0.1) is 0 Å². The number of aldehydes is 1. The van der Waals surface area contributed by atoms with Crippen LogP contribution in [-0.2, 0) is 4.79 Å². The van der Waals surface area contributed by atoms with E-state index in [9.17, 15) is 9.59 Å². The topological polar surface area (TPSA) is 46.6 Å². The third kappa shape index (κ3) is 3.75. The Morgan fingerprint density at radius 2 is 2.24 bits per heavy atom. The number of ether oxygens (including phenoxy) is 1. The lowest BCUT2D eigenvalue weighted by Crippen LogP contribution is -2.31. The van der Waals surface area contributed by atoms with Gasteiger partial charge in [-0.2, -0.15) is 0 Å². The van der Waals surface area contributed by atoms with Crippen LogP contribution < -0.4 is 4.74 Å². The van der Waals surface area contributed by atoms with Gasteiger partial charge in [-0.15, -0.1) is 0 Å². The zero-order valence-corrected chi connectivity index (χ0v) is 10.5. The van der Waals surface area contributed by atoms with Crippen molar-refractivity contribution in [1.29, 1.82) is 0 Å². The lowest BCUT2D eigenvalue weighted by Gasteiger charge is -2.15. The molecule has 0 saturated carbocycles. The van der Waals surface area contributed by atoms with E-state index in [4.69, 9.17) is 16.3 Å². The molecule has 0 aliphatic heterocycles. The molecule has 0 N–H and O–H groups in total. The van der Waals surface area contributed by atoms with Crippen molar-refractivity contribution in [1.82, 2.24) is 4.90 Å². The molecule has 0 aromatic heterocycles. The summed E-state index contributed by atoms with van der Waals surface area (Å²) in [4.78, 5) is 23.5. The molecule has 92 valence electrons. The number of halogens is 1. The Hall–Kier alpha value is -1.55. The van der Waals surface area contributed by atoms with E-state index in [1.54, 1.807) is 24.1 Å². The summed E-state index contributed by atoms with van der Waals surface area (Å²) in [6.07, 6.45) is 0.700. The molecular formula is C12H14ClNO3.